The molecule has 1 aromatic carbocycles. The van der Waals surface area contributed by atoms with Gasteiger partial charge in [-0.1, -0.05) is 12.1 Å². The van der Waals surface area contributed by atoms with Crippen molar-refractivity contribution in [1.82, 2.24) is 5.16 Å². The zero-order valence-corrected chi connectivity index (χ0v) is 13.4. The van der Waals surface area contributed by atoms with Crippen LogP contribution in [0.4, 0.5) is 0 Å². The molecule has 112 valence electrons. The van der Waals surface area contributed by atoms with E-state index in [-0.39, 0.29) is 5.76 Å². The first kappa shape index (κ1) is 15.4. The molecule has 0 aliphatic rings. The monoisotopic (exact) mass is 355 g/mol. The third-order valence-electron chi connectivity index (χ3n) is 3.05. The van der Waals surface area contributed by atoms with Crippen molar-refractivity contribution in [2.45, 2.75) is 13.3 Å². The number of halogens is 1. The van der Waals surface area contributed by atoms with Gasteiger partial charge in [-0.2, -0.15) is 0 Å². The highest BCUT2D eigenvalue weighted by molar-refractivity contribution is 9.10. The SMILES string of the molecule is CCc1c(OC)c(OC)cc(Br)c1-c1cc(C(=O)O)on1. The maximum atomic E-state index is 10.9. The van der Waals surface area contributed by atoms with E-state index in [4.69, 9.17) is 19.1 Å². The van der Waals surface area contributed by atoms with Crippen molar-refractivity contribution in [3.05, 3.63) is 27.9 Å². The average Bonchev–Trinajstić information content (AvgIpc) is 2.95. The number of methoxy groups -OCH3 is 2. The molecule has 0 fully saturated rings. The molecular weight excluding hydrogens is 342 g/mol. The molecule has 1 aromatic heterocycles. The van der Waals surface area contributed by atoms with Crippen molar-refractivity contribution in [3.63, 3.8) is 0 Å². The molecule has 7 heteroatoms. The van der Waals surface area contributed by atoms with E-state index in [1.165, 1.54) is 6.07 Å². The molecule has 0 aliphatic heterocycles. The van der Waals surface area contributed by atoms with Crippen LogP contribution in [0, 0.1) is 0 Å². The molecule has 21 heavy (non-hydrogen) atoms. The summed E-state index contributed by atoms with van der Waals surface area (Å²) in [7, 11) is 3.11. The minimum atomic E-state index is -1.16. The van der Waals surface area contributed by atoms with Crippen LogP contribution in [0.1, 0.15) is 23.0 Å². The summed E-state index contributed by atoms with van der Waals surface area (Å²) in [5, 5.41) is 12.8. The molecule has 0 aliphatic carbocycles. The van der Waals surface area contributed by atoms with Crippen molar-refractivity contribution < 1.29 is 23.9 Å². The van der Waals surface area contributed by atoms with Crippen molar-refractivity contribution in [2.24, 2.45) is 0 Å². The summed E-state index contributed by atoms with van der Waals surface area (Å²) in [5.74, 6) is -0.192. The van der Waals surface area contributed by atoms with Gasteiger partial charge in [0.1, 0.15) is 5.69 Å². The summed E-state index contributed by atoms with van der Waals surface area (Å²) in [6, 6.07) is 3.13. The number of hydrogen-bond acceptors (Lipinski definition) is 5. The number of benzene rings is 1. The summed E-state index contributed by atoms with van der Waals surface area (Å²) in [6.07, 6.45) is 0.656. The highest BCUT2D eigenvalue weighted by Gasteiger charge is 2.22. The lowest BCUT2D eigenvalue weighted by molar-refractivity contribution is 0.0652. The van der Waals surface area contributed by atoms with Crippen LogP contribution in [-0.4, -0.2) is 30.5 Å². The molecule has 0 bridgehead atoms. The molecule has 2 aromatic rings. The summed E-state index contributed by atoms with van der Waals surface area (Å²) < 4.78 is 16.3. The number of hydrogen-bond donors (Lipinski definition) is 1. The second-order valence-corrected chi connectivity index (χ2v) is 5.04. The van der Waals surface area contributed by atoms with Crippen LogP contribution >= 0.6 is 15.9 Å². The van der Waals surface area contributed by atoms with E-state index >= 15 is 0 Å². The Kier molecular flexibility index (Phi) is 4.52. The molecule has 0 unspecified atom stereocenters. The van der Waals surface area contributed by atoms with Gasteiger partial charge in [-0.05, 0) is 28.4 Å². The largest absolute Gasteiger partial charge is 0.493 e. The lowest BCUT2D eigenvalue weighted by atomic mass is 10.0. The van der Waals surface area contributed by atoms with Crippen LogP contribution in [-0.2, 0) is 6.42 Å². The first-order chi connectivity index (χ1) is 10.0. The Morgan fingerprint density at radius 1 is 1.38 bits per heavy atom. The second kappa shape index (κ2) is 6.17. The predicted octanol–water partition coefficient (Wildman–Crippen LogP) is 3.38. The van der Waals surface area contributed by atoms with Crippen LogP contribution in [0.2, 0.25) is 0 Å². The maximum absolute atomic E-state index is 10.9. The van der Waals surface area contributed by atoms with E-state index < -0.39 is 5.97 Å². The van der Waals surface area contributed by atoms with E-state index in [9.17, 15) is 4.79 Å². The molecule has 6 nitrogen and oxygen atoms in total. The average molecular weight is 356 g/mol. The number of aromatic carboxylic acids is 1. The van der Waals surface area contributed by atoms with Crippen molar-refractivity contribution >= 4 is 21.9 Å². The van der Waals surface area contributed by atoms with E-state index in [2.05, 4.69) is 21.1 Å². The second-order valence-electron chi connectivity index (χ2n) is 4.18. The number of nitrogens with zero attached hydrogens (tertiary/aromatic N) is 1. The van der Waals surface area contributed by atoms with Crippen molar-refractivity contribution in [3.8, 4) is 22.8 Å². The molecule has 1 N–H and O–H groups in total. The molecule has 0 amide bonds. The molecular formula is C14H14BrNO5. The van der Waals surface area contributed by atoms with Gasteiger partial charge >= 0.3 is 5.97 Å². The number of carboxylic acid groups (broad SMARTS) is 1. The highest BCUT2D eigenvalue weighted by Crippen LogP contribution is 2.43. The first-order valence-corrected chi connectivity index (χ1v) is 6.96. The van der Waals surface area contributed by atoms with Gasteiger partial charge in [0.05, 0.1) is 14.2 Å². The van der Waals surface area contributed by atoms with Crippen LogP contribution in [0.25, 0.3) is 11.3 Å². The third-order valence-corrected chi connectivity index (χ3v) is 3.68. The first-order valence-electron chi connectivity index (χ1n) is 6.17. The molecule has 1 heterocycles. The van der Waals surface area contributed by atoms with Gasteiger partial charge < -0.3 is 19.1 Å². The van der Waals surface area contributed by atoms with Gasteiger partial charge in [-0.15, -0.1) is 0 Å². The Balaban J connectivity index is 2.69. The summed E-state index contributed by atoms with van der Waals surface area (Å²) >= 11 is 3.46. The zero-order valence-electron chi connectivity index (χ0n) is 11.8. The van der Waals surface area contributed by atoms with E-state index in [1.807, 2.05) is 6.92 Å². The fourth-order valence-electron chi connectivity index (χ4n) is 2.14. The third kappa shape index (κ3) is 2.73. The van der Waals surface area contributed by atoms with Gasteiger partial charge in [0.2, 0.25) is 5.76 Å². The standard InChI is InChI=1S/C14H14BrNO5/c1-4-7-12(9-6-11(14(17)18)21-16-9)8(15)5-10(19-2)13(7)20-3/h5-6H,4H2,1-3H3,(H,17,18). The summed E-state index contributed by atoms with van der Waals surface area (Å²) in [5.41, 5.74) is 2.01. The highest BCUT2D eigenvalue weighted by atomic mass is 79.9. The minimum absolute atomic E-state index is 0.214. The molecule has 0 atom stereocenters. The normalized spacial score (nSPS) is 10.5. The fraction of sp³-hybridized carbons (Fsp3) is 0.286. The van der Waals surface area contributed by atoms with E-state index in [0.717, 1.165) is 15.6 Å². The maximum Gasteiger partial charge on any atom is 0.374 e. The molecule has 0 radical (unpaired) electrons. The summed E-state index contributed by atoms with van der Waals surface area (Å²) in [6.45, 7) is 1.96. The lowest BCUT2D eigenvalue weighted by Crippen LogP contribution is -1.99. The quantitative estimate of drug-likeness (QED) is 0.885. The van der Waals surface area contributed by atoms with Crippen LogP contribution in [0.3, 0.4) is 0 Å². The van der Waals surface area contributed by atoms with Crippen LogP contribution in [0.5, 0.6) is 11.5 Å². The van der Waals surface area contributed by atoms with Gasteiger partial charge in [0, 0.05) is 21.7 Å². The number of aromatic nitrogens is 1. The van der Waals surface area contributed by atoms with Crippen molar-refractivity contribution in [2.75, 3.05) is 14.2 Å². The van der Waals surface area contributed by atoms with Gasteiger partial charge in [0.25, 0.3) is 0 Å². The van der Waals surface area contributed by atoms with Gasteiger partial charge in [0.15, 0.2) is 11.5 Å². The Morgan fingerprint density at radius 2 is 2.10 bits per heavy atom. The van der Waals surface area contributed by atoms with E-state index in [0.29, 0.717) is 23.6 Å². The number of carbonyl (C=O) groups is 1. The Bertz CT molecular complexity index is 680. The summed E-state index contributed by atoms with van der Waals surface area (Å²) in [4.78, 5) is 10.9. The fourth-order valence-corrected chi connectivity index (χ4v) is 2.79. The van der Waals surface area contributed by atoms with Crippen LogP contribution < -0.4 is 9.47 Å². The Morgan fingerprint density at radius 3 is 2.57 bits per heavy atom. The molecule has 0 saturated carbocycles. The Hall–Kier alpha value is -2.02. The number of rotatable bonds is 5. The molecule has 2 rings (SSSR count). The van der Waals surface area contributed by atoms with E-state index in [1.54, 1.807) is 20.3 Å². The predicted molar refractivity (Wildman–Crippen MR) is 79.1 cm³/mol. The smallest absolute Gasteiger partial charge is 0.374 e. The minimum Gasteiger partial charge on any atom is -0.493 e. The lowest BCUT2D eigenvalue weighted by Gasteiger charge is -2.16. The van der Waals surface area contributed by atoms with Crippen molar-refractivity contribution in [1.29, 1.82) is 0 Å². The number of carboxylic acids is 1. The zero-order chi connectivity index (χ0) is 15.6. The number of ether oxygens (including phenoxy) is 2. The van der Waals surface area contributed by atoms with Gasteiger partial charge in [-0.25, -0.2) is 4.79 Å². The topological polar surface area (TPSA) is 81.8 Å². The molecule has 0 spiro atoms. The Labute approximate surface area is 129 Å². The van der Waals surface area contributed by atoms with Gasteiger partial charge in [-0.3, -0.25) is 0 Å². The van der Waals surface area contributed by atoms with Crippen LogP contribution in [0.15, 0.2) is 21.1 Å². The molecule has 0 saturated heterocycles.